The molecule has 11 heteroatoms. The quantitative estimate of drug-likeness (QED) is 0.248. The number of methoxy groups -OCH3 is 3. The fraction of sp³-hybridized carbons (Fsp3) is 0.522. The van der Waals surface area contributed by atoms with Gasteiger partial charge in [-0.05, 0) is 37.8 Å². The first-order valence-electron chi connectivity index (χ1n) is 10.8. The number of hydrogen-bond acceptors (Lipinski definition) is 9. The summed E-state index contributed by atoms with van der Waals surface area (Å²) in [4.78, 5) is 63.8. The van der Waals surface area contributed by atoms with Gasteiger partial charge in [0.2, 0.25) is 5.91 Å². The van der Waals surface area contributed by atoms with Crippen LogP contribution in [-0.4, -0.2) is 79.2 Å². The molecular weight excluding hydrogens is 464 g/mol. The van der Waals surface area contributed by atoms with Crippen LogP contribution in [0.15, 0.2) is 24.3 Å². The number of fused-ring (bicyclic) bond motifs is 1. The Kier molecular flexibility index (Phi) is 10.7. The molecule has 34 heavy (non-hydrogen) atoms. The van der Waals surface area contributed by atoms with Crippen molar-refractivity contribution in [3.05, 3.63) is 35.4 Å². The van der Waals surface area contributed by atoms with Crippen LogP contribution in [0.4, 0.5) is 0 Å². The third-order valence-corrected chi connectivity index (χ3v) is 6.24. The highest BCUT2D eigenvalue weighted by Gasteiger charge is 2.43. The molecule has 0 fully saturated rings. The summed E-state index contributed by atoms with van der Waals surface area (Å²) in [5, 5.41) is 2.47. The van der Waals surface area contributed by atoms with Gasteiger partial charge in [-0.2, -0.15) is 0 Å². The van der Waals surface area contributed by atoms with E-state index in [1.165, 1.54) is 40.4 Å². The van der Waals surface area contributed by atoms with Gasteiger partial charge in [0.1, 0.15) is 12.1 Å². The molecule has 1 aliphatic heterocycles. The number of imide groups is 1. The second kappa shape index (κ2) is 13.2. The second-order valence-corrected chi connectivity index (χ2v) is 8.86. The van der Waals surface area contributed by atoms with Crippen LogP contribution in [0.25, 0.3) is 0 Å². The van der Waals surface area contributed by atoms with Gasteiger partial charge in [-0.1, -0.05) is 23.9 Å². The minimum absolute atomic E-state index is 0.0465. The molecule has 0 aromatic heterocycles. The van der Waals surface area contributed by atoms with Crippen molar-refractivity contribution in [1.29, 1.82) is 0 Å². The minimum atomic E-state index is -1.20. The molecule has 0 aliphatic carbocycles. The number of esters is 1. The Hall–Kier alpha value is -2.76. The fourth-order valence-electron chi connectivity index (χ4n) is 3.66. The van der Waals surface area contributed by atoms with Crippen LogP contribution in [0.1, 0.15) is 53.3 Å². The predicted molar refractivity (Wildman–Crippen MR) is 124 cm³/mol. The van der Waals surface area contributed by atoms with E-state index >= 15 is 0 Å². The van der Waals surface area contributed by atoms with E-state index in [0.29, 0.717) is 12.8 Å². The van der Waals surface area contributed by atoms with E-state index in [9.17, 15) is 24.0 Å². The number of carbonyl (C=O) groups excluding carboxylic acids is 5. The lowest BCUT2D eigenvalue weighted by Crippen LogP contribution is -2.53. The maximum absolute atomic E-state index is 13.3. The van der Waals surface area contributed by atoms with E-state index in [4.69, 9.17) is 14.2 Å². The van der Waals surface area contributed by atoms with Crippen LogP contribution >= 0.6 is 11.8 Å². The number of ether oxygens (including phenoxy) is 3. The number of thioether (sulfide) groups is 1. The van der Waals surface area contributed by atoms with Crippen LogP contribution in [0, 0.1) is 0 Å². The van der Waals surface area contributed by atoms with Crippen LogP contribution in [-0.2, 0) is 28.6 Å². The monoisotopic (exact) mass is 494 g/mol. The van der Waals surface area contributed by atoms with Crippen molar-refractivity contribution in [3.63, 3.8) is 0 Å². The number of amides is 3. The van der Waals surface area contributed by atoms with Crippen molar-refractivity contribution in [2.24, 2.45) is 0 Å². The molecule has 1 aliphatic rings. The summed E-state index contributed by atoms with van der Waals surface area (Å²) in [5.74, 6) is -2.30. The van der Waals surface area contributed by atoms with Gasteiger partial charge >= 0.3 is 5.97 Å². The molecule has 3 amide bonds. The van der Waals surface area contributed by atoms with Crippen molar-refractivity contribution in [3.8, 4) is 0 Å². The van der Waals surface area contributed by atoms with Crippen molar-refractivity contribution < 1.29 is 38.2 Å². The Labute approximate surface area is 202 Å². The molecule has 186 valence electrons. The molecule has 0 bridgehead atoms. The van der Waals surface area contributed by atoms with Crippen molar-refractivity contribution in [1.82, 2.24) is 10.2 Å². The molecule has 1 heterocycles. The highest BCUT2D eigenvalue weighted by atomic mass is 32.2. The maximum atomic E-state index is 13.3. The SMILES string of the molecule is COC(=O)C(CCCC(OC)OC)NC(=O)C(CCSC(C)=O)N1C(=O)c2ccccc2C1=O. The molecule has 2 rings (SSSR count). The molecular formula is C23H30N2O8S. The molecule has 1 N–H and O–H groups in total. The van der Waals surface area contributed by atoms with Gasteiger partial charge in [-0.15, -0.1) is 0 Å². The molecule has 0 radical (unpaired) electrons. The van der Waals surface area contributed by atoms with Gasteiger partial charge in [0.15, 0.2) is 11.4 Å². The Bertz CT molecular complexity index is 883. The van der Waals surface area contributed by atoms with E-state index < -0.39 is 42.1 Å². The molecule has 0 saturated carbocycles. The minimum Gasteiger partial charge on any atom is -0.467 e. The number of rotatable bonds is 13. The third-order valence-electron chi connectivity index (χ3n) is 5.40. The molecule has 2 unspecified atom stereocenters. The zero-order chi connectivity index (χ0) is 25.3. The zero-order valence-corrected chi connectivity index (χ0v) is 20.5. The van der Waals surface area contributed by atoms with Gasteiger partial charge < -0.3 is 19.5 Å². The Morgan fingerprint density at radius 2 is 1.56 bits per heavy atom. The summed E-state index contributed by atoms with van der Waals surface area (Å²) in [5.41, 5.74) is 0.415. The van der Waals surface area contributed by atoms with Crippen LogP contribution in [0.3, 0.4) is 0 Å². The molecule has 1 aromatic rings. The topological polar surface area (TPSA) is 128 Å². The second-order valence-electron chi connectivity index (χ2n) is 7.59. The zero-order valence-electron chi connectivity index (χ0n) is 19.7. The number of benzene rings is 1. The lowest BCUT2D eigenvalue weighted by molar-refractivity contribution is -0.146. The average Bonchev–Trinajstić information content (AvgIpc) is 3.08. The Morgan fingerprint density at radius 3 is 2.06 bits per heavy atom. The van der Waals surface area contributed by atoms with Gasteiger partial charge in [-0.25, -0.2) is 4.79 Å². The van der Waals surface area contributed by atoms with Crippen LogP contribution in [0.5, 0.6) is 0 Å². The lowest BCUT2D eigenvalue weighted by atomic mass is 10.1. The maximum Gasteiger partial charge on any atom is 0.328 e. The molecule has 0 saturated heterocycles. The molecule has 0 spiro atoms. The standard InChI is InChI=1S/C23H30N2O8S/c1-14(26)34-13-12-18(25-21(28)15-8-5-6-9-16(15)22(25)29)20(27)24-17(23(30)33-4)10-7-11-19(31-2)32-3/h5-6,8-9,17-19H,7,10-13H2,1-4H3,(H,24,27). The van der Waals surface area contributed by atoms with E-state index in [1.807, 2.05) is 0 Å². The summed E-state index contributed by atoms with van der Waals surface area (Å²) in [6, 6.07) is 4.12. The number of carbonyl (C=O) groups is 5. The predicted octanol–water partition coefficient (Wildman–Crippen LogP) is 1.77. The number of nitrogens with one attached hydrogen (secondary N) is 1. The smallest absolute Gasteiger partial charge is 0.328 e. The van der Waals surface area contributed by atoms with Crippen molar-refractivity contribution >= 4 is 40.6 Å². The third kappa shape index (κ3) is 6.87. The van der Waals surface area contributed by atoms with Crippen molar-refractivity contribution in [2.45, 2.75) is 51.0 Å². The number of nitrogens with zero attached hydrogens (tertiary/aromatic N) is 1. The first-order valence-corrected chi connectivity index (χ1v) is 11.8. The highest BCUT2D eigenvalue weighted by Crippen LogP contribution is 2.26. The number of hydrogen-bond donors (Lipinski definition) is 1. The first-order chi connectivity index (χ1) is 16.2. The summed E-state index contributed by atoms with van der Waals surface area (Å²) in [7, 11) is 4.21. The van der Waals surface area contributed by atoms with Crippen molar-refractivity contribution in [2.75, 3.05) is 27.1 Å². The summed E-state index contributed by atoms with van der Waals surface area (Å²) in [6.45, 7) is 1.39. The van der Waals surface area contributed by atoms with Gasteiger partial charge in [-0.3, -0.25) is 24.1 Å². The van der Waals surface area contributed by atoms with Gasteiger partial charge in [0, 0.05) is 26.9 Å². The molecule has 1 aromatic carbocycles. The van der Waals surface area contributed by atoms with Gasteiger partial charge in [0.05, 0.1) is 18.2 Å². The average molecular weight is 495 g/mol. The van der Waals surface area contributed by atoms with E-state index in [0.717, 1.165) is 16.7 Å². The molecule has 10 nitrogen and oxygen atoms in total. The fourth-order valence-corrected chi connectivity index (χ4v) is 4.29. The van der Waals surface area contributed by atoms with Gasteiger partial charge in [0.25, 0.3) is 11.8 Å². The molecule has 2 atom stereocenters. The van der Waals surface area contributed by atoms with E-state index in [-0.39, 0.29) is 34.8 Å². The lowest BCUT2D eigenvalue weighted by Gasteiger charge is -2.27. The Morgan fingerprint density at radius 1 is 0.971 bits per heavy atom. The Balaban J connectivity index is 2.21. The largest absolute Gasteiger partial charge is 0.467 e. The van der Waals surface area contributed by atoms with E-state index in [1.54, 1.807) is 12.1 Å². The summed E-state index contributed by atoms with van der Waals surface area (Å²) >= 11 is 0.986. The summed E-state index contributed by atoms with van der Waals surface area (Å²) < 4.78 is 15.1. The summed E-state index contributed by atoms with van der Waals surface area (Å²) in [6.07, 6.45) is 0.782. The van der Waals surface area contributed by atoms with Crippen LogP contribution < -0.4 is 5.32 Å². The van der Waals surface area contributed by atoms with Crippen LogP contribution in [0.2, 0.25) is 0 Å². The normalized spacial score (nSPS) is 14.7. The van der Waals surface area contributed by atoms with E-state index in [2.05, 4.69) is 5.32 Å². The first kappa shape index (κ1) is 27.5. The highest BCUT2D eigenvalue weighted by molar-refractivity contribution is 8.13.